The van der Waals surface area contributed by atoms with Crippen molar-refractivity contribution in [1.29, 1.82) is 0 Å². The molecule has 0 saturated heterocycles. The van der Waals surface area contributed by atoms with Crippen LogP contribution in [0.1, 0.15) is 89.9 Å². The van der Waals surface area contributed by atoms with Gasteiger partial charge in [0.25, 0.3) is 5.88 Å². The fraction of sp³-hybridized carbons (Fsp3) is 0.586. The zero-order valence-corrected chi connectivity index (χ0v) is 21.9. The normalized spacial score (nSPS) is 21.2. The number of hydrogen-bond donors (Lipinski definition) is 1. The lowest BCUT2D eigenvalue weighted by molar-refractivity contribution is -0.106. The molecule has 2 saturated carbocycles. The maximum Gasteiger partial charge on any atom is 0.256 e. The minimum Gasteiger partial charge on any atom is -0.472 e. The number of benzene rings is 1. The molecule has 2 unspecified atom stereocenters. The monoisotopic (exact) mass is 468 g/mol. The summed E-state index contributed by atoms with van der Waals surface area (Å²) in [6, 6.07) is 8.28. The summed E-state index contributed by atoms with van der Waals surface area (Å²) in [5, 5.41) is 0. The summed E-state index contributed by atoms with van der Waals surface area (Å²) in [6.07, 6.45) is 11.9. The largest absolute Gasteiger partial charge is 0.472 e. The average Bonchev–Trinajstić information content (AvgIpc) is 3.22. The summed E-state index contributed by atoms with van der Waals surface area (Å²) in [4.78, 5) is 13.3. The van der Waals surface area contributed by atoms with Crippen LogP contribution in [-0.2, 0) is 4.79 Å². The van der Waals surface area contributed by atoms with E-state index >= 15 is 0 Å². The van der Waals surface area contributed by atoms with Gasteiger partial charge in [-0.05, 0) is 82.8 Å². The molecule has 0 aliphatic heterocycles. The molecule has 0 spiro atoms. The summed E-state index contributed by atoms with van der Waals surface area (Å²) < 4.78 is 12.4. The maximum atomic E-state index is 8.58. The second kappa shape index (κ2) is 13.4. The zero-order chi connectivity index (χ0) is 25.1. The Labute approximate surface area is 206 Å². The number of primary amides is 1. The molecule has 2 aliphatic rings. The van der Waals surface area contributed by atoms with Crippen molar-refractivity contribution < 1.29 is 13.9 Å². The van der Waals surface area contributed by atoms with Gasteiger partial charge in [0.05, 0.1) is 0 Å². The maximum absolute atomic E-state index is 8.58. The highest BCUT2D eigenvalue weighted by Gasteiger charge is 2.43. The van der Waals surface area contributed by atoms with Crippen molar-refractivity contribution in [1.82, 2.24) is 4.98 Å². The summed E-state index contributed by atoms with van der Waals surface area (Å²) in [6.45, 7) is 14.7. The molecule has 2 aromatic rings. The Morgan fingerprint density at radius 2 is 1.74 bits per heavy atom. The van der Waals surface area contributed by atoms with Gasteiger partial charge in [0.2, 0.25) is 12.3 Å². The van der Waals surface area contributed by atoms with E-state index in [4.69, 9.17) is 13.9 Å². The van der Waals surface area contributed by atoms with Crippen LogP contribution in [0.15, 0.2) is 40.8 Å². The number of aryl methyl sites for hydroxylation is 2. The fourth-order valence-electron chi connectivity index (χ4n) is 5.59. The van der Waals surface area contributed by atoms with Gasteiger partial charge >= 0.3 is 0 Å². The molecule has 4 rings (SSSR count). The molecule has 1 aromatic heterocycles. The van der Waals surface area contributed by atoms with Crippen molar-refractivity contribution in [2.75, 3.05) is 0 Å². The van der Waals surface area contributed by atoms with Crippen LogP contribution in [0.2, 0.25) is 0 Å². The third-order valence-corrected chi connectivity index (χ3v) is 7.33. The lowest BCUT2D eigenvalue weighted by atomic mass is 9.58. The number of carbonyl (C=O) groups excluding carboxylic acids is 1. The Morgan fingerprint density at radius 3 is 2.32 bits per heavy atom. The van der Waals surface area contributed by atoms with Crippen LogP contribution < -0.4 is 10.5 Å². The van der Waals surface area contributed by atoms with Gasteiger partial charge in [0, 0.05) is 5.56 Å². The van der Waals surface area contributed by atoms with Gasteiger partial charge in [-0.3, -0.25) is 4.79 Å². The van der Waals surface area contributed by atoms with Crippen LogP contribution in [0.5, 0.6) is 5.88 Å². The molecule has 0 bridgehead atoms. The third kappa shape index (κ3) is 6.74. The fourth-order valence-corrected chi connectivity index (χ4v) is 5.59. The summed E-state index contributed by atoms with van der Waals surface area (Å²) >= 11 is 0. The number of oxazole rings is 1. The highest BCUT2D eigenvalue weighted by atomic mass is 16.5. The smallest absolute Gasteiger partial charge is 0.256 e. The zero-order valence-electron chi connectivity index (χ0n) is 21.9. The molecule has 5 heteroatoms. The van der Waals surface area contributed by atoms with E-state index in [-0.39, 0.29) is 12.5 Å². The van der Waals surface area contributed by atoms with E-state index in [0.29, 0.717) is 23.1 Å². The number of amides is 1. The molecular weight excluding hydrogens is 424 g/mol. The lowest BCUT2D eigenvalue weighted by Gasteiger charge is -2.47. The minimum atomic E-state index is 0.224. The van der Waals surface area contributed by atoms with E-state index in [0.717, 1.165) is 24.2 Å². The first kappa shape index (κ1) is 27.7. The highest BCUT2D eigenvalue weighted by molar-refractivity contribution is 5.54. The van der Waals surface area contributed by atoms with E-state index in [9.17, 15) is 0 Å². The van der Waals surface area contributed by atoms with Crippen LogP contribution in [0.4, 0.5) is 0 Å². The Hall–Kier alpha value is -2.56. The summed E-state index contributed by atoms with van der Waals surface area (Å²) in [5.74, 6) is 2.77. The third-order valence-electron chi connectivity index (χ3n) is 7.33. The number of rotatable bonds is 5. The van der Waals surface area contributed by atoms with Crippen molar-refractivity contribution in [3.8, 4) is 17.3 Å². The van der Waals surface area contributed by atoms with Crippen molar-refractivity contribution in [2.24, 2.45) is 17.1 Å². The quantitative estimate of drug-likeness (QED) is 0.363. The van der Waals surface area contributed by atoms with Gasteiger partial charge in [-0.15, -0.1) is 0 Å². The number of nitrogens with two attached hydrogens (primary N) is 1. The van der Waals surface area contributed by atoms with Crippen molar-refractivity contribution >= 4 is 6.41 Å². The molecule has 0 radical (unpaired) electrons. The van der Waals surface area contributed by atoms with Crippen LogP contribution in [0, 0.1) is 25.2 Å². The van der Waals surface area contributed by atoms with E-state index in [1.165, 1.54) is 56.1 Å². The van der Waals surface area contributed by atoms with Crippen LogP contribution in [-0.4, -0.2) is 17.5 Å². The molecule has 2 fully saturated rings. The minimum absolute atomic E-state index is 0.224. The van der Waals surface area contributed by atoms with Crippen LogP contribution in [0.25, 0.3) is 11.5 Å². The molecule has 2 atom stereocenters. The van der Waals surface area contributed by atoms with Crippen molar-refractivity contribution in [3.63, 3.8) is 0 Å². The number of carbonyl (C=O) groups is 1. The average molecular weight is 469 g/mol. The molecule has 1 amide bonds. The highest BCUT2D eigenvalue weighted by Crippen LogP contribution is 2.52. The second-order valence-corrected chi connectivity index (χ2v) is 9.48. The molecule has 2 N–H and O–H groups in total. The van der Waals surface area contributed by atoms with Gasteiger partial charge in [-0.2, -0.15) is 4.98 Å². The Morgan fingerprint density at radius 1 is 1.12 bits per heavy atom. The van der Waals surface area contributed by atoms with Gasteiger partial charge in [0.15, 0.2) is 5.76 Å². The predicted octanol–water partition coefficient (Wildman–Crippen LogP) is 7.55. The molecule has 5 nitrogen and oxygen atoms in total. The van der Waals surface area contributed by atoms with E-state index < -0.39 is 0 Å². The van der Waals surface area contributed by atoms with Gasteiger partial charge in [-0.1, -0.05) is 63.0 Å². The SMILES string of the molecule is C=C(C)C1(C2CCCC(Oc3nc(-c4ccc(C)cc4)oc3C)C2)CCCCC1.CC.NC=O. The molecule has 34 heavy (non-hydrogen) atoms. The number of aromatic nitrogens is 1. The molecule has 188 valence electrons. The van der Waals surface area contributed by atoms with E-state index in [1.807, 2.05) is 20.8 Å². The standard InChI is InChI=1S/C26H35NO2.C2H6.CH3NO/c1-18(2)26(15-6-5-7-16-26)22-9-8-10-23(17-22)29-24-20(4)28-25(27-24)21-13-11-19(3)12-14-21;1-2;2-1-3/h11-14,22-23H,1,5-10,15-17H2,2-4H3;1-2H3;1H,(H2,2,3). The Balaban J connectivity index is 0.000000758. The lowest BCUT2D eigenvalue weighted by Crippen LogP contribution is -2.39. The van der Waals surface area contributed by atoms with Crippen molar-refractivity contribution in [3.05, 3.63) is 47.7 Å². The van der Waals surface area contributed by atoms with Gasteiger partial charge in [0.1, 0.15) is 6.10 Å². The first-order chi connectivity index (χ1) is 16.4. The van der Waals surface area contributed by atoms with Gasteiger partial charge in [-0.25, -0.2) is 0 Å². The summed E-state index contributed by atoms with van der Waals surface area (Å²) in [7, 11) is 0. The van der Waals surface area contributed by atoms with Crippen LogP contribution >= 0.6 is 0 Å². The molecule has 2 aliphatic carbocycles. The molecule has 1 aromatic carbocycles. The predicted molar refractivity (Wildman–Crippen MR) is 140 cm³/mol. The van der Waals surface area contributed by atoms with Gasteiger partial charge < -0.3 is 14.9 Å². The summed E-state index contributed by atoms with van der Waals surface area (Å²) in [5.41, 5.74) is 8.11. The second-order valence-electron chi connectivity index (χ2n) is 9.48. The Bertz CT molecular complexity index is 895. The first-order valence-corrected chi connectivity index (χ1v) is 12.9. The number of nitrogens with zero attached hydrogens (tertiary/aromatic N) is 1. The first-order valence-electron chi connectivity index (χ1n) is 12.9. The molecule has 1 heterocycles. The number of ether oxygens (including phenoxy) is 1. The van der Waals surface area contributed by atoms with E-state index in [1.54, 1.807) is 0 Å². The topological polar surface area (TPSA) is 78.3 Å². The van der Waals surface area contributed by atoms with Crippen LogP contribution in [0.3, 0.4) is 0 Å². The van der Waals surface area contributed by atoms with E-state index in [2.05, 4.69) is 55.4 Å². The molecular formula is C29H44N2O3. The Kier molecular flexibility index (Phi) is 10.9. The number of allylic oxidation sites excluding steroid dienone is 1. The van der Waals surface area contributed by atoms with Crippen molar-refractivity contribution in [2.45, 2.75) is 98.5 Å². The number of hydrogen-bond acceptors (Lipinski definition) is 4.